The number of anilines is 2. The van der Waals surface area contributed by atoms with E-state index >= 15 is 17.6 Å². The van der Waals surface area contributed by atoms with Crippen molar-refractivity contribution in [2.45, 2.75) is 78.1 Å². The highest BCUT2D eigenvalue weighted by atomic mass is 19.3. The van der Waals surface area contributed by atoms with Gasteiger partial charge in [-0.1, -0.05) is 41.5 Å². The van der Waals surface area contributed by atoms with Gasteiger partial charge in [0.1, 0.15) is 0 Å². The first-order valence-corrected chi connectivity index (χ1v) is 10.4. The van der Waals surface area contributed by atoms with Crippen LogP contribution in [0.25, 0.3) is 0 Å². The van der Waals surface area contributed by atoms with E-state index in [4.69, 9.17) is 11.5 Å². The molecule has 6 heteroatoms. The lowest BCUT2D eigenvalue weighted by Gasteiger charge is -2.30. The fourth-order valence-corrected chi connectivity index (χ4v) is 3.74. The Balaban J connectivity index is 2.73. The quantitative estimate of drug-likeness (QED) is 0.368. The molecule has 0 saturated heterocycles. The largest absolute Gasteiger partial charge is 0.398 e. The Hall–Kier alpha value is -2.24. The molecule has 0 fully saturated rings. The molecule has 166 valence electrons. The van der Waals surface area contributed by atoms with Gasteiger partial charge >= 0.3 is 11.8 Å². The number of halogens is 4. The van der Waals surface area contributed by atoms with Crippen molar-refractivity contribution in [1.82, 2.24) is 0 Å². The lowest BCUT2D eigenvalue weighted by molar-refractivity contribution is -0.224. The van der Waals surface area contributed by atoms with Crippen LogP contribution >= 0.6 is 0 Å². The molecule has 0 unspecified atom stereocenters. The molecule has 0 atom stereocenters. The van der Waals surface area contributed by atoms with E-state index in [1.807, 2.05) is 0 Å². The van der Waals surface area contributed by atoms with Gasteiger partial charge in [-0.25, -0.2) is 0 Å². The summed E-state index contributed by atoms with van der Waals surface area (Å²) in [6.07, 6.45) is 0.751. The van der Waals surface area contributed by atoms with Gasteiger partial charge in [-0.05, 0) is 71.2 Å². The normalized spacial score (nSPS) is 12.8. The number of alkyl halides is 4. The van der Waals surface area contributed by atoms with Crippen LogP contribution in [0.15, 0.2) is 24.3 Å². The zero-order valence-electron chi connectivity index (χ0n) is 18.5. The summed E-state index contributed by atoms with van der Waals surface area (Å²) in [5, 5.41) is 0. The second-order valence-corrected chi connectivity index (χ2v) is 8.44. The van der Waals surface area contributed by atoms with Crippen LogP contribution in [-0.4, -0.2) is 0 Å². The maximum atomic E-state index is 15.4. The highest BCUT2D eigenvalue weighted by Crippen LogP contribution is 2.51. The number of nitrogens with two attached hydrogens (primary N) is 2. The second kappa shape index (κ2) is 8.48. The summed E-state index contributed by atoms with van der Waals surface area (Å²) in [6, 6.07) is 4.45. The molecule has 2 rings (SSSR count). The molecule has 2 nitrogen and oxygen atoms in total. The molecule has 0 saturated carbocycles. The van der Waals surface area contributed by atoms with Gasteiger partial charge in [0.2, 0.25) is 0 Å². The molecular weight excluding hydrogens is 392 g/mol. The zero-order valence-corrected chi connectivity index (χ0v) is 18.5. The Kier molecular flexibility index (Phi) is 6.79. The molecule has 4 N–H and O–H groups in total. The number of hydrogen-bond donors (Lipinski definition) is 2. The van der Waals surface area contributed by atoms with Crippen molar-refractivity contribution < 1.29 is 17.6 Å². The van der Waals surface area contributed by atoms with E-state index in [-0.39, 0.29) is 11.8 Å². The summed E-state index contributed by atoms with van der Waals surface area (Å²) < 4.78 is 61.4. The molecule has 0 bridgehead atoms. The van der Waals surface area contributed by atoms with Crippen molar-refractivity contribution >= 4 is 11.4 Å². The molecule has 30 heavy (non-hydrogen) atoms. The van der Waals surface area contributed by atoms with Crippen LogP contribution in [0.2, 0.25) is 0 Å². The van der Waals surface area contributed by atoms with E-state index in [0.29, 0.717) is 46.5 Å². The highest BCUT2D eigenvalue weighted by Gasteiger charge is 2.59. The molecular formula is C24H32F4N2. The van der Waals surface area contributed by atoms with Crippen LogP contribution in [0.5, 0.6) is 0 Å². The van der Waals surface area contributed by atoms with E-state index in [1.165, 1.54) is 0 Å². The number of nitrogen functional groups attached to an aromatic ring is 2. The lowest BCUT2D eigenvalue weighted by Crippen LogP contribution is -2.36. The molecule has 0 aliphatic carbocycles. The minimum Gasteiger partial charge on any atom is -0.398 e. The first kappa shape index (κ1) is 24.0. The van der Waals surface area contributed by atoms with E-state index in [9.17, 15) is 0 Å². The first-order chi connectivity index (χ1) is 13.8. The summed E-state index contributed by atoms with van der Waals surface area (Å²) in [6.45, 7) is 10.7. The number of benzene rings is 2. The molecule has 0 spiro atoms. The maximum absolute atomic E-state index is 15.4. The third-order valence-electron chi connectivity index (χ3n) is 5.72. The molecule has 0 radical (unpaired) electrons. The Bertz CT molecular complexity index is 842. The van der Waals surface area contributed by atoms with Gasteiger partial charge in [0.25, 0.3) is 0 Å². The van der Waals surface area contributed by atoms with Crippen LogP contribution in [0.4, 0.5) is 28.9 Å². The summed E-state index contributed by atoms with van der Waals surface area (Å²) in [7, 11) is 0. The summed E-state index contributed by atoms with van der Waals surface area (Å²) in [5.74, 6) is -9.17. The minimum absolute atomic E-state index is 0.171. The minimum atomic E-state index is -4.41. The Morgan fingerprint density at radius 1 is 0.667 bits per heavy atom. The summed E-state index contributed by atoms with van der Waals surface area (Å²) in [4.78, 5) is 0. The lowest BCUT2D eigenvalue weighted by atomic mass is 9.86. The van der Waals surface area contributed by atoms with Crippen LogP contribution < -0.4 is 11.5 Å². The number of hydrogen-bond acceptors (Lipinski definition) is 2. The molecule has 0 amide bonds. The molecule has 2 aromatic rings. The Morgan fingerprint density at radius 3 is 1.20 bits per heavy atom. The van der Waals surface area contributed by atoms with Crippen molar-refractivity contribution in [3.8, 4) is 0 Å². The van der Waals surface area contributed by atoms with Crippen LogP contribution in [0, 0.1) is 0 Å². The van der Waals surface area contributed by atoms with E-state index in [2.05, 4.69) is 0 Å². The average molecular weight is 425 g/mol. The van der Waals surface area contributed by atoms with Crippen molar-refractivity contribution in [3.63, 3.8) is 0 Å². The fraction of sp³-hybridized carbons (Fsp3) is 0.500. The fourth-order valence-electron chi connectivity index (χ4n) is 3.74. The predicted molar refractivity (Wildman–Crippen MR) is 116 cm³/mol. The van der Waals surface area contributed by atoms with Gasteiger partial charge in [0.05, 0.1) is 0 Å². The third-order valence-corrected chi connectivity index (χ3v) is 5.72. The van der Waals surface area contributed by atoms with Gasteiger partial charge in [0.15, 0.2) is 0 Å². The molecule has 0 aliphatic rings. The summed E-state index contributed by atoms with van der Waals surface area (Å²) in [5.41, 5.74) is 13.3. The Morgan fingerprint density at radius 2 is 0.967 bits per heavy atom. The van der Waals surface area contributed by atoms with Gasteiger partial charge in [-0.3, -0.25) is 0 Å². The topological polar surface area (TPSA) is 52.0 Å². The van der Waals surface area contributed by atoms with Gasteiger partial charge in [-0.15, -0.1) is 0 Å². The van der Waals surface area contributed by atoms with Gasteiger partial charge in [-0.2, -0.15) is 17.6 Å². The predicted octanol–water partition coefficient (Wildman–Crippen LogP) is 7.11. The zero-order chi connectivity index (χ0) is 23.0. The second-order valence-electron chi connectivity index (χ2n) is 8.44. The maximum Gasteiger partial charge on any atom is 0.339 e. The van der Waals surface area contributed by atoms with Crippen LogP contribution in [0.1, 0.15) is 86.8 Å². The van der Waals surface area contributed by atoms with Crippen LogP contribution in [-0.2, 0) is 24.7 Å². The first-order valence-electron chi connectivity index (χ1n) is 10.4. The molecule has 0 aliphatic heterocycles. The van der Waals surface area contributed by atoms with Gasteiger partial charge in [0, 0.05) is 22.5 Å². The van der Waals surface area contributed by atoms with Gasteiger partial charge < -0.3 is 11.5 Å². The molecule has 2 aromatic carbocycles. The molecule has 0 heterocycles. The third kappa shape index (κ3) is 4.01. The monoisotopic (exact) mass is 424 g/mol. The van der Waals surface area contributed by atoms with Crippen molar-refractivity contribution in [2.24, 2.45) is 0 Å². The smallest absolute Gasteiger partial charge is 0.339 e. The number of rotatable bonds is 7. The van der Waals surface area contributed by atoms with E-state index < -0.39 is 23.0 Å². The van der Waals surface area contributed by atoms with E-state index in [0.717, 1.165) is 24.3 Å². The average Bonchev–Trinajstić information content (AvgIpc) is 2.67. The van der Waals surface area contributed by atoms with Crippen LogP contribution in [0.3, 0.4) is 0 Å². The highest BCUT2D eigenvalue weighted by molar-refractivity contribution is 5.60. The number of aryl methyl sites for hydroxylation is 2. The standard InChI is InChI=1S/C24H32F4N2/c1-7-15-9-17(11-19(13(3)4)21(15)29)23(25,26)24(27,28)18-10-16(8-2)22(30)20(12-18)14(5)6/h9-14H,7-8,29-30H2,1-6H3. The molecule has 0 aromatic heterocycles. The Labute approximate surface area is 176 Å². The SMILES string of the molecule is CCc1cc(C(F)(F)C(F)(F)c2cc(CC)c(N)c(C(C)C)c2)cc(C(C)C)c1N. The van der Waals surface area contributed by atoms with Crippen molar-refractivity contribution in [1.29, 1.82) is 0 Å². The summed E-state index contributed by atoms with van der Waals surface area (Å²) >= 11 is 0. The van der Waals surface area contributed by atoms with E-state index in [1.54, 1.807) is 41.5 Å². The van der Waals surface area contributed by atoms with Crippen molar-refractivity contribution in [3.05, 3.63) is 57.6 Å². The van der Waals surface area contributed by atoms with Crippen molar-refractivity contribution in [2.75, 3.05) is 11.5 Å².